The van der Waals surface area contributed by atoms with E-state index in [1.807, 2.05) is 39.0 Å². The minimum atomic E-state index is -0.841. The van der Waals surface area contributed by atoms with E-state index in [9.17, 15) is 9.59 Å². The van der Waals surface area contributed by atoms with Crippen molar-refractivity contribution in [2.45, 2.75) is 34.6 Å². The van der Waals surface area contributed by atoms with Gasteiger partial charge in [0, 0.05) is 12.2 Å². The van der Waals surface area contributed by atoms with E-state index in [1.54, 1.807) is 13.8 Å². The molecule has 6 heteroatoms. The highest BCUT2D eigenvalue weighted by Gasteiger charge is 2.29. The van der Waals surface area contributed by atoms with Crippen LogP contribution in [-0.4, -0.2) is 36.8 Å². The zero-order chi connectivity index (χ0) is 16.7. The SMILES string of the molecule is CCON(OCC)C(=O)C(=O)N(CC)c1cccc(C)c1C. The molecule has 0 N–H and O–H groups in total. The molecular weight excluding hydrogens is 284 g/mol. The van der Waals surface area contributed by atoms with Gasteiger partial charge in [-0.1, -0.05) is 17.4 Å². The molecule has 2 amide bonds. The average Bonchev–Trinajstić information content (AvgIpc) is 2.51. The van der Waals surface area contributed by atoms with Gasteiger partial charge < -0.3 is 4.90 Å². The average molecular weight is 308 g/mol. The van der Waals surface area contributed by atoms with Gasteiger partial charge in [-0.25, -0.2) is 9.68 Å². The number of hydrogen-bond donors (Lipinski definition) is 0. The third-order valence-corrected chi connectivity index (χ3v) is 3.27. The number of anilines is 1. The predicted molar refractivity (Wildman–Crippen MR) is 84.0 cm³/mol. The van der Waals surface area contributed by atoms with E-state index in [0.717, 1.165) is 11.1 Å². The quantitative estimate of drug-likeness (QED) is 0.598. The molecule has 0 radical (unpaired) electrons. The number of nitrogens with zero attached hydrogens (tertiary/aromatic N) is 2. The molecule has 0 saturated carbocycles. The Labute approximate surface area is 131 Å². The third kappa shape index (κ3) is 4.05. The van der Waals surface area contributed by atoms with Crippen molar-refractivity contribution in [1.82, 2.24) is 5.23 Å². The van der Waals surface area contributed by atoms with Gasteiger partial charge in [0.1, 0.15) is 0 Å². The summed E-state index contributed by atoms with van der Waals surface area (Å²) in [6.07, 6.45) is 0. The van der Waals surface area contributed by atoms with Gasteiger partial charge in [0.15, 0.2) is 0 Å². The van der Waals surface area contributed by atoms with Crippen LogP contribution < -0.4 is 4.90 Å². The summed E-state index contributed by atoms with van der Waals surface area (Å²) in [6.45, 7) is 9.97. The van der Waals surface area contributed by atoms with Crippen LogP contribution in [0.25, 0.3) is 0 Å². The molecule has 1 aromatic carbocycles. The maximum atomic E-state index is 12.5. The van der Waals surface area contributed by atoms with Crippen LogP contribution >= 0.6 is 0 Å². The number of benzene rings is 1. The second kappa shape index (κ2) is 8.51. The van der Waals surface area contributed by atoms with Crippen LogP contribution in [0, 0.1) is 13.8 Å². The van der Waals surface area contributed by atoms with Crippen molar-refractivity contribution in [1.29, 1.82) is 0 Å². The molecule has 0 atom stereocenters. The normalized spacial score (nSPS) is 10.4. The monoisotopic (exact) mass is 308 g/mol. The van der Waals surface area contributed by atoms with Gasteiger partial charge in [-0.3, -0.25) is 9.59 Å². The van der Waals surface area contributed by atoms with E-state index in [-0.39, 0.29) is 13.2 Å². The summed E-state index contributed by atoms with van der Waals surface area (Å²) in [6, 6.07) is 5.65. The Bertz CT molecular complexity index is 525. The Morgan fingerprint density at radius 3 is 2.09 bits per heavy atom. The number of aryl methyl sites for hydroxylation is 1. The number of amides is 2. The summed E-state index contributed by atoms with van der Waals surface area (Å²) >= 11 is 0. The molecule has 1 aromatic rings. The molecule has 0 saturated heterocycles. The van der Waals surface area contributed by atoms with Crippen LogP contribution in [0.3, 0.4) is 0 Å². The lowest BCUT2D eigenvalue weighted by molar-refractivity contribution is -0.335. The van der Waals surface area contributed by atoms with Gasteiger partial charge in [0.25, 0.3) is 0 Å². The van der Waals surface area contributed by atoms with Crippen molar-refractivity contribution in [3.05, 3.63) is 29.3 Å². The highest BCUT2D eigenvalue weighted by Crippen LogP contribution is 2.23. The molecule has 0 unspecified atom stereocenters. The Morgan fingerprint density at radius 1 is 1.00 bits per heavy atom. The first-order valence-electron chi connectivity index (χ1n) is 7.45. The number of carbonyl (C=O) groups is 2. The van der Waals surface area contributed by atoms with Crippen LogP contribution in [0.4, 0.5) is 5.69 Å². The lowest BCUT2D eigenvalue weighted by Gasteiger charge is -2.25. The summed E-state index contributed by atoms with van der Waals surface area (Å²) in [5.41, 5.74) is 2.74. The first-order valence-corrected chi connectivity index (χ1v) is 7.45. The van der Waals surface area contributed by atoms with Gasteiger partial charge in [-0.2, -0.15) is 0 Å². The summed E-state index contributed by atoms with van der Waals surface area (Å²) < 4.78 is 0. The molecule has 0 aromatic heterocycles. The van der Waals surface area contributed by atoms with Gasteiger partial charge in [-0.05, 0) is 51.8 Å². The minimum Gasteiger partial charge on any atom is -0.304 e. The maximum absolute atomic E-state index is 12.5. The fraction of sp³-hybridized carbons (Fsp3) is 0.500. The highest BCUT2D eigenvalue weighted by atomic mass is 17.0. The predicted octanol–water partition coefficient (Wildman–Crippen LogP) is 2.39. The first kappa shape index (κ1) is 18.1. The largest absolute Gasteiger partial charge is 0.361 e. The third-order valence-electron chi connectivity index (χ3n) is 3.27. The van der Waals surface area contributed by atoms with Crippen molar-refractivity contribution in [2.24, 2.45) is 0 Å². The lowest BCUT2D eigenvalue weighted by atomic mass is 10.1. The molecule has 0 aliphatic carbocycles. The Morgan fingerprint density at radius 2 is 1.59 bits per heavy atom. The van der Waals surface area contributed by atoms with Gasteiger partial charge >= 0.3 is 11.8 Å². The number of carbonyl (C=O) groups excluding carboxylic acids is 2. The Kier molecular flexibility index (Phi) is 7.01. The molecule has 0 bridgehead atoms. The number of hydroxylamine groups is 2. The van der Waals surface area contributed by atoms with E-state index in [0.29, 0.717) is 17.5 Å². The van der Waals surface area contributed by atoms with Gasteiger partial charge in [-0.15, -0.1) is 0 Å². The van der Waals surface area contributed by atoms with Crippen LogP contribution in [0.5, 0.6) is 0 Å². The zero-order valence-electron chi connectivity index (χ0n) is 13.9. The summed E-state index contributed by atoms with van der Waals surface area (Å²) in [4.78, 5) is 36.3. The van der Waals surface area contributed by atoms with E-state index in [4.69, 9.17) is 9.68 Å². The summed E-state index contributed by atoms with van der Waals surface area (Å²) in [5.74, 6) is -1.52. The van der Waals surface area contributed by atoms with Gasteiger partial charge in [0.05, 0.1) is 13.2 Å². The fourth-order valence-electron chi connectivity index (χ4n) is 2.03. The Hall–Kier alpha value is -1.92. The lowest BCUT2D eigenvalue weighted by Crippen LogP contribution is -2.45. The van der Waals surface area contributed by atoms with E-state index in [2.05, 4.69) is 0 Å². The maximum Gasteiger partial charge on any atom is 0.361 e. The van der Waals surface area contributed by atoms with Crippen LogP contribution in [0.15, 0.2) is 18.2 Å². The second-order valence-corrected chi connectivity index (χ2v) is 4.67. The molecule has 122 valence electrons. The molecule has 0 aliphatic heterocycles. The smallest absolute Gasteiger partial charge is 0.304 e. The summed E-state index contributed by atoms with van der Waals surface area (Å²) in [7, 11) is 0. The van der Waals surface area contributed by atoms with Crippen LogP contribution in [-0.2, 0) is 19.3 Å². The van der Waals surface area contributed by atoms with Crippen molar-refractivity contribution in [3.8, 4) is 0 Å². The zero-order valence-corrected chi connectivity index (χ0v) is 13.9. The molecule has 0 heterocycles. The molecular formula is C16H24N2O4. The topological polar surface area (TPSA) is 59.1 Å². The molecule has 0 spiro atoms. The van der Waals surface area contributed by atoms with Crippen LogP contribution in [0.1, 0.15) is 31.9 Å². The molecule has 1 rings (SSSR count). The molecule has 0 aliphatic rings. The highest BCUT2D eigenvalue weighted by molar-refractivity contribution is 6.39. The van der Waals surface area contributed by atoms with Crippen LogP contribution in [0.2, 0.25) is 0 Å². The molecule has 0 fully saturated rings. The van der Waals surface area contributed by atoms with Crippen molar-refractivity contribution >= 4 is 17.5 Å². The van der Waals surface area contributed by atoms with E-state index in [1.165, 1.54) is 4.90 Å². The standard InChI is InChI=1S/C16H24N2O4/c1-6-17(14-11-9-10-12(4)13(14)5)15(19)16(20)18(21-7-2)22-8-3/h9-11H,6-8H2,1-5H3. The molecule has 6 nitrogen and oxygen atoms in total. The number of likely N-dealkylation sites (N-methyl/N-ethyl adjacent to an activating group) is 1. The second-order valence-electron chi connectivity index (χ2n) is 4.67. The molecule has 22 heavy (non-hydrogen) atoms. The number of hydrogen-bond acceptors (Lipinski definition) is 4. The minimum absolute atomic E-state index is 0.231. The fourth-order valence-corrected chi connectivity index (χ4v) is 2.03. The Balaban J connectivity index is 3.05. The van der Waals surface area contributed by atoms with Crippen molar-refractivity contribution in [2.75, 3.05) is 24.7 Å². The van der Waals surface area contributed by atoms with E-state index >= 15 is 0 Å². The van der Waals surface area contributed by atoms with E-state index < -0.39 is 11.8 Å². The summed E-state index contributed by atoms with van der Waals surface area (Å²) in [5, 5.41) is 0.663. The number of rotatable bonds is 6. The van der Waals surface area contributed by atoms with Crippen molar-refractivity contribution in [3.63, 3.8) is 0 Å². The first-order chi connectivity index (χ1) is 10.5. The van der Waals surface area contributed by atoms with Crippen molar-refractivity contribution < 1.29 is 19.3 Å². The van der Waals surface area contributed by atoms with Gasteiger partial charge in [0.2, 0.25) is 0 Å².